The zero-order chi connectivity index (χ0) is 9.64. The molecule has 13 heavy (non-hydrogen) atoms. The molecule has 0 saturated heterocycles. The first-order valence-corrected chi connectivity index (χ1v) is 4.01. The van der Waals surface area contributed by atoms with Gasteiger partial charge in [0.1, 0.15) is 0 Å². The summed E-state index contributed by atoms with van der Waals surface area (Å²) in [5, 5.41) is 37.2. The van der Waals surface area contributed by atoms with E-state index < -0.39 is 17.1 Å². The van der Waals surface area contributed by atoms with Crippen molar-refractivity contribution in [3.63, 3.8) is 0 Å². The van der Waals surface area contributed by atoms with Crippen molar-refractivity contribution in [2.75, 3.05) is 0 Å². The Labute approximate surface area is 74.7 Å². The molecule has 0 radical (unpaired) electrons. The number of hydrogen-bond acceptors (Lipinski definition) is 4. The minimum atomic E-state index is -1.00. The number of aliphatic hydroxyl groups is 1. The molecule has 1 saturated carbocycles. The molecular weight excluding hydrogens is 172 g/mol. The van der Waals surface area contributed by atoms with Gasteiger partial charge in [0.25, 0.3) is 0 Å². The summed E-state index contributed by atoms with van der Waals surface area (Å²) >= 11 is 0. The van der Waals surface area contributed by atoms with E-state index in [0.29, 0.717) is 12.8 Å². The molecule has 1 aliphatic carbocycles. The number of aromatic hydroxyl groups is 3. The van der Waals surface area contributed by atoms with Crippen LogP contribution in [0.15, 0.2) is 12.1 Å². The molecule has 0 aliphatic heterocycles. The SMILES string of the molecule is Oc1ccc(C2(O)CC2)c(O)c1O. The van der Waals surface area contributed by atoms with E-state index in [2.05, 4.69) is 0 Å². The molecule has 4 nitrogen and oxygen atoms in total. The summed E-state index contributed by atoms with van der Waals surface area (Å²) in [6, 6.07) is 2.66. The Balaban J connectivity index is 2.54. The Bertz CT molecular complexity index is 355. The van der Waals surface area contributed by atoms with Crippen LogP contribution < -0.4 is 0 Å². The van der Waals surface area contributed by atoms with Crippen LogP contribution in [0.5, 0.6) is 17.2 Å². The maximum atomic E-state index is 9.64. The lowest BCUT2D eigenvalue weighted by Gasteiger charge is -2.11. The number of rotatable bonds is 1. The van der Waals surface area contributed by atoms with Crippen LogP contribution in [0.3, 0.4) is 0 Å². The van der Waals surface area contributed by atoms with Gasteiger partial charge in [-0.3, -0.25) is 0 Å². The average molecular weight is 182 g/mol. The van der Waals surface area contributed by atoms with Gasteiger partial charge in [0, 0.05) is 5.56 Å². The first-order chi connectivity index (χ1) is 6.04. The fourth-order valence-electron chi connectivity index (χ4n) is 1.33. The first-order valence-electron chi connectivity index (χ1n) is 4.01. The lowest BCUT2D eigenvalue weighted by atomic mass is 10.1. The van der Waals surface area contributed by atoms with Gasteiger partial charge in [0.15, 0.2) is 11.5 Å². The Kier molecular flexibility index (Phi) is 1.44. The molecule has 0 spiro atoms. The van der Waals surface area contributed by atoms with Gasteiger partial charge in [-0.1, -0.05) is 0 Å². The van der Waals surface area contributed by atoms with E-state index in [0.717, 1.165) is 0 Å². The molecular formula is C9H10O4. The summed E-state index contributed by atoms with van der Waals surface area (Å²) in [6.45, 7) is 0. The van der Waals surface area contributed by atoms with E-state index in [1.54, 1.807) is 0 Å². The van der Waals surface area contributed by atoms with Gasteiger partial charge in [0.05, 0.1) is 5.60 Å². The number of hydrogen-bond donors (Lipinski definition) is 4. The Morgan fingerprint density at radius 1 is 1.00 bits per heavy atom. The minimum Gasteiger partial charge on any atom is -0.504 e. The van der Waals surface area contributed by atoms with Crippen LogP contribution in [0.1, 0.15) is 18.4 Å². The molecule has 0 unspecified atom stereocenters. The van der Waals surface area contributed by atoms with Crippen LogP contribution in [0.25, 0.3) is 0 Å². The summed E-state index contributed by atoms with van der Waals surface area (Å²) < 4.78 is 0. The van der Waals surface area contributed by atoms with Gasteiger partial charge in [-0.2, -0.15) is 0 Å². The third-order valence-electron chi connectivity index (χ3n) is 2.35. The molecule has 0 atom stereocenters. The normalized spacial score (nSPS) is 18.5. The van der Waals surface area contributed by atoms with Crippen molar-refractivity contribution < 1.29 is 20.4 Å². The zero-order valence-corrected chi connectivity index (χ0v) is 6.86. The van der Waals surface area contributed by atoms with Crippen molar-refractivity contribution in [3.05, 3.63) is 17.7 Å². The molecule has 70 valence electrons. The average Bonchev–Trinajstić information content (AvgIpc) is 2.80. The molecule has 0 bridgehead atoms. The molecule has 0 amide bonds. The Morgan fingerprint density at radius 3 is 2.15 bits per heavy atom. The highest BCUT2D eigenvalue weighted by Gasteiger charge is 2.44. The van der Waals surface area contributed by atoms with Crippen LogP contribution >= 0.6 is 0 Å². The molecule has 4 N–H and O–H groups in total. The van der Waals surface area contributed by atoms with E-state index in [4.69, 9.17) is 10.2 Å². The largest absolute Gasteiger partial charge is 0.504 e. The van der Waals surface area contributed by atoms with E-state index in [9.17, 15) is 10.2 Å². The molecule has 1 aromatic carbocycles. The van der Waals surface area contributed by atoms with E-state index in [1.807, 2.05) is 0 Å². The van der Waals surface area contributed by atoms with Crippen LogP contribution in [0.4, 0.5) is 0 Å². The quantitative estimate of drug-likeness (QED) is 0.484. The minimum absolute atomic E-state index is 0.280. The van der Waals surface area contributed by atoms with Crippen LogP contribution in [0, 0.1) is 0 Å². The van der Waals surface area contributed by atoms with E-state index in [1.165, 1.54) is 12.1 Å². The molecule has 0 aromatic heterocycles. The highest BCUT2D eigenvalue weighted by atomic mass is 16.3. The van der Waals surface area contributed by atoms with Crippen LogP contribution in [-0.4, -0.2) is 20.4 Å². The van der Waals surface area contributed by atoms with Gasteiger partial charge < -0.3 is 20.4 Å². The molecule has 0 heterocycles. The lowest BCUT2D eigenvalue weighted by Crippen LogP contribution is -2.04. The summed E-state index contributed by atoms with van der Waals surface area (Å²) in [5.74, 6) is -1.39. The third-order valence-corrected chi connectivity index (χ3v) is 2.35. The Hall–Kier alpha value is -1.42. The highest BCUT2D eigenvalue weighted by molar-refractivity contribution is 5.55. The second kappa shape index (κ2) is 2.29. The van der Waals surface area contributed by atoms with Gasteiger partial charge in [-0.05, 0) is 25.0 Å². The van der Waals surface area contributed by atoms with Crippen molar-refractivity contribution in [2.45, 2.75) is 18.4 Å². The zero-order valence-electron chi connectivity index (χ0n) is 6.86. The first kappa shape index (κ1) is 8.19. The standard InChI is InChI=1S/C9H10O4/c10-6-2-1-5(7(11)8(6)12)9(13)3-4-9/h1-2,10-13H,3-4H2. The van der Waals surface area contributed by atoms with Crippen molar-refractivity contribution in [3.8, 4) is 17.2 Å². The fourth-order valence-corrected chi connectivity index (χ4v) is 1.33. The maximum Gasteiger partial charge on any atom is 0.200 e. The number of phenols is 3. The van der Waals surface area contributed by atoms with E-state index >= 15 is 0 Å². The van der Waals surface area contributed by atoms with Gasteiger partial charge in [-0.25, -0.2) is 0 Å². The molecule has 4 heteroatoms. The second-order valence-electron chi connectivity index (χ2n) is 3.36. The highest BCUT2D eigenvalue weighted by Crippen LogP contribution is 2.52. The number of phenolic OH excluding ortho intramolecular Hbond substituents is 3. The van der Waals surface area contributed by atoms with Gasteiger partial charge >= 0.3 is 0 Å². The predicted octanol–water partition coefficient (Wildman–Crippen LogP) is 0.785. The predicted molar refractivity (Wildman–Crippen MR) is 44.6 cm³/mol. The molecule has 1 aliphatic rings. The molecule has 2 rings (SSSR count). The topological polar surface area (TPSA) is 80.9 Å². The Morgan fingerprint density at radius 2 is 1.62 bits per heavy atom. The van der Waals surface area contributed by atoms with Crippen molar-refractivity contribution in [2.24, 2.45) is 0 Å². The van der Waals surface area contributed by atoms with Crippen molar-refractivity contribution >= 4 is 0 Å². The third kappa shape index (κ3) is 1.10. The smallest absolute Gasteiger partial charge is 0.200 e. The van der Waals surface area contributed by atoms with Crippen LogP contribution in [0.2, 0.25) is 0 Å². The fraction of sp³-hybridized carbons (Fsp3) is 0.333. The van der Waals surface area contributed by atoms with Crippen LogP contribution in [-0.2, 0) is 5.60 Å². The summed E-state index contributed by atoms with van der Waals surface area (Å²) in [6.07, 6.45) is 1.15. The molecule has 1 fully saturated rings. The maximum absolute atomic E-state index is 9.64. The monoisotopic (exact) mass is 182 g/mol. The van der Waals surface area contributed by atoms with Crippen molar-refractivity contribution in [1.29, 1.82) is 0 Å². The van der Waals surface area contributed by atoms with Crippen molar-refractivity contribution in [1.82, 2.24) is 0 Å². The summed E-state index contributed by atoms with van der Waals surface area (Å²) in [5.41, 5.74) is -0.724. The molecule has 1 aromatic rings. The number of benzene rings is 1. The van der Waals surface area contributed by atoms with Gasteiger partial charge in [-0.15, -0.1) is 0 Å². The summed E-state index contributed by atoms with van der Waals surface area (Å²) in [7, 11) is 0. The van der Waals surface area contributed by atoms with E-state index in [-0.39, 0.29) is 11.3 Å². The van der Waals surface area contributed by atoms with Gasteiger partial charge in [0.2, 0.25) is 5.75 Å². The second-order valence-corrected chi connectivity index (χ2v) is 3.36. The lowest BCUT2D eigenvalue weighted by molar-refractivity contribution is 0.147. The summed E-state index contributed by atoms with van der Waals surface area (Å²) in [4.78, 5) is 0.